The first kappa shape index (κ1) is 26.9. The molecule has 0 heterocycles. The average Bonchev–Trinajstić information content (AvgIpc) is 2.67. The Bertz CT molecular complexity index is 261. The van der Waals surface area contributed by atoms with Crippen LogP contribution >= 0.6 is 0 Å². The van der Waals surface area contributed by atoms with Gasteiger partial charge in [0.1, 0.15) is 0 Å². The summed E-state index contributed by atoms with van der Waals surface area (Å²) >= 11 is 0. The summed E-state index contributed by atoms with van der Waals surface area (Å²) in [5.74, 6) is 0. The van der Waals surface area contributed by atoms with Crippen LogP contribution in [0.2, 0.25) is 0 Å². The lowest BCUT2D eigenvalue weighted by Crippen LogP contribution is -2.37. The third kappa shape index (κ3) is 23.8. The van der Waals surface area contributed by atoms with E-state index in [2.05, 4.69) is 24.5 Å². The van der Waals surface area contributed by atoms with Crippen molar-refractivity contribution in [3.63, 3.8) is 0 Å². The van der Waals surface area contributed by atoms with Crippen LogP contribution in [0.25, 0.3) is 0 Å². The van der Waals surface area contributed by atoms with Gasteiger partial charge in [0, 0.05) is 19.2 Å². The van der Waals surface area contributed by atoms with E-state index in [1.807, 2.05) is 0 Å². The van der Waals surface area contributed by atoms with E-state index in [0.717, 1.165) is 26.1 Å². The fraction of sp³-hybridized carbons (Fsp3) is 1.00. The van der Waals surface area contributed by atoms with E-state index in [0.29, 0.717) is 6.04 Å². The molecule has 0 amide bonds. The highest BCUT2D eigenvalue weighted by atomic mass is 16.3. The lowest BCUT2D eigenvalue weighted by molar-refractivity contribution is 0.283. The molecule has 0 radical (unpaired) electrons. The Balaban J connectivity index is 3.05. The Morgan fingerprint density at radius 3 is 1.48 bits per heavy atom. The molecular weight excluding hydrogens is 332 g/mol. The number of hydrogen-bond acceptors (Lipinski definition) is 3. The molecule has 27 heavy (non-hydrogen) atoms. The zero-order chi connectivity index (χ0) is 19.8. The molecule has 3 N–H and O–H groups in total. The van der Waals surface area contributed by atoms with E-state index in [1.54, 1.807) is 0 Å². The monoisotopic (exact) mass is 384 g/mol. The van der Waals surface area contributed by atoms with Crippen LogP contribution in [0.5, 0.6) is 0 Å². The van der Waals surface area contributed by atoms with Gasteiger partial charge in [0.15, 0.2) is 0 Å². The number of aliphatic hydroxyl groups excluding tert-OH is 1. The van der Waals surface area contributed by atoms with Gasteiger partial charge in [-0.3, -0.25) is 0 Å². The van der Waals surface area contributed by atoms with Crippen LogP contribution in [0.3, 0.4) is 0 Å². The van der Waals surface area contributed by atoms with Crippen molar-refractivity contribution in [2.75, 3.05) is 26.2 Å². The molecule has 0 bridgehead atoms. The second kappa shape index (κ2) is 23.9. The molecule has 1 atom stereocenters. The first-order chi connectivity index (χ1) is 13.3. The summed E-state index contributed by atoms with van der Waals surface area (Å²) in [4.78, 5) is 0. The van der Waals surface area contributed by atoms with Crippen molar-refractivity contribution in [1.82, 2.24) is 10.6 Å². The molecular formula is C24H52N2O. The van der Waals surface area contributed by atoms with Gasteiger partial charge in [-0.05, 0) is 32.9 Å². The van der Waals surface area contributed by atoms with Crippen LogP contribution in [-0.2, 0) is 0 Å². The molecule has 0 aromatic heterocycles. The molecule has 0 aliphatic heterocycles. The van der Waals surface area contributed by atoms with Gasteiger partial charge in [-0.25, -0.2) is 0 Å². The quantitative estimate of drug-likeness (QED) is 0.184. The summed E-state index contributed by atoms with van der Waals surface area (Å²) in [5.41, 5.74) is 0. The van der Waals surface area contributed by atoms with E-state index in [4.69, 9.17) is 5.11 Å². The van der Waals surface area contributed by atoms with Gasteiger partial charge >= 0.3 is 0 Å². The summed E-state index contributed by atoms with van der Waals surface area (Å²) in [7, 11) is 0. The van der Waals surface area contributed by atoms with Gasteiger partial charge in [-0.2, -0.15) is 0 Å². The molecule has 0 saturated heterocycles. The summed E-state index contributed by atoms with van der Waals surface area (Å²) in [6, 6.07) is 0.498. The predicted octanol–water partition coefficient (Wildman–Crippen LogP) is 6.20. The lowest BCUT2D eigenvalue weighted by atomic mass is 10.0. The van der Waals surface area contributed by atoms with Gasteiger partial charge in [0.2, 0.25) is 0 Å². The van der Waals surface area contributed by atoms with E-state index in [-0.39, 0.29) is 6.61 Å². The highest BCUT2D eigenvalue weighted by Crippen LogP contribution is 2.13. The van der Waals surface area contributed by atoms with Crippen LogP contribution in [0.15, 0.2) is 0 Å². The maximum absolute atomic E-state index is 8.76. The van der Waals surface area contributed by atoms with Crippen molar-refractivity contribution in [1.29, 1.82) is 0 Å². The zero-order valence-corrected chi connectivity index (χ0v) is 18.9. The second-order valence-electron chi connectivity index (χ2n) is 8.44. The first-order valence-electron chi connectivity index (χ1n) is 12.4. The van der Waals surface area contributed by atoms with E-state index < -0.39 is 0 Å². The molecule has 3 heteroatoms. The van der Waals surface area contributed by atoms with Crippen molar-refractivity contribution in [2.45, 2.75) is 129 Å². The highest BCUT2D eigenvalue weighted by Gasteiger charge is 1.99. The van der Waals surface area contributed by atoms with Crippen LogP contribution in [0.4, 0.5) is 0 Å². The fourth-order valence-electron chi connectivity index (χ4n) is 3.62. The molecule has 0 rings (SSSR count). The number of hydrogen-bond donors (Lipinski definition) is 3. The van der Waals surface area contributed by atoms with Crippen molar-refractivity contribution >= 4 is 0 Å². The third-order valence-corrected chi connectivity index (χ3v) is 5.49. The fourth-order valence-corrected chi connectivity index (χ4v) is 3.62. The minimum atomic E-state index is 0.284. The number of nitrogens with one attached hydrogen (secondary N) is 2. The Hall–Kier alpha value is -0.120. The van der Waals surface area contributed by atoms with E-state index in [9.17, 15) is 0 Å². The predicted molar refractivity (Wildman–Crippen MR) is 122 cm³/mol. The molecule has 0 aromatic carbocycles. The average molecular weight is 385 g/mol. The van der Waals surface area contributed by atoms with Crippen LogP contribution in [0, 0.1) is 0 Å². The summed E-state index contributed by atoms with van der Waals surface area (Å²) in [5, 5.41) is 15.7. The Morgan fingerprint density at radius 1 is 0.593 bits per heavy atom. The maximum Gasteiger partial charge on any atom is 0.0443 e. The molecule has 0 aliphatic rings. The normalized spacial score (nSPS) is 12.6. The second-order valence-corrected chi connectivity index (χ2v) is 8.44. The summed E-state index contributed by atoms with van der Waals surface area (Å²) in [6.45, 7) is 7.87. The van der Waals surface area contributed by atoms with Gasteiger partial charge in [0.05, 0.1) is 0 Å². The lowest BCUT2D eigenvalue weighted by Gasteiger charge is -2.14. The van der Waals surface area contributed by atoms with Crippen LogP contribution in [-0.4, -0.2) is 37.4 Å². The largest absolute Gasteiger partial charge is 0.396 e. The summed E-state index contributed by atoms with van der Waals surface area (Å²) in [6.07, 6.45) is 23.7. The van der Waals surface area contributed by atoms with Crippen molar-refractivity contribution in [3.8, 4) is 0 Å². The standard InChI is InChI=1S/C24H52N2O/c1-3-4-5-6-7-8-9-10-11-12-13-14-15-16-17-18-20-25-23-24(2)26-21-19-22-27/h24-27H,3-23H2,1-2H3. The van der Waals surface area contributed by atoms with Crippen molar-refractivity contribution in [2.24, 2.45) is 0 Å². The van der Waals surface area contributed by atoms with Crippen molar-refractivity contribution < 1.29 is 5.11 Å². The summed E-state index contributed by atoms with van der Waals surface area (Å²) < 4.78 is 0. The van der Waals surface area contributed by atoms with E-state index >= 15 is 0 Å². The SMILES string of the molecule is CCCCCCCCCCCCCCCCCCNCC(C)NCCCO. The minimum absolute atomic E-state index is 0.284. The molecule has 3 nitrogen and oxygen atoms in total. The first-order valence-corrected chi connectivity index (χ1v) is 12.4. The molecule has 0 aliphatic carbocycles. The smallest absolute Gasteiger partial charge is 0.0443 e. The molecule has 0 spiro atoms. The molecule has 0 aromatic rings. The minimum Gasteiger partial charge on any atom is -0.396 e. The number of aliphatic hydroxyl groups is 1. The third-order valence-electron chi connectivity index (χ3n) is 5.49. The van der Waals surface area contributed by atoms with Gasteiger partial charge in [0.25, 0.3) is 0 Å². The Morgan fingerprint density at radius 2 is 1.04 bits per heavy atom. The zero-order valence-electron chi connectivity index (χ0n) is 18.9. The van der Waals surface area contributed by atoms with E-state index in [1.165, 1.54) is 103 Å². The van der Waals surface area contributed by atoms with Crippen molar-refractivity contribution in [3.05, 3.63) is 0 Å². The molecule has 0 saturated carbocycles. The Kier molecular flexibility index (Phi) is 23.8. The number of rotatable bonds is 23. The van der Waals surface area contributed by atoms with Gasteiger partial charge in [-0.15, -0.1) is 0 Å². The molecule has 0 fully saturated rings. The van der Waals surface area contributed by atoms with Crippen LogP contribution < -0.4 is 10.6 Å². The van der Waals surface area contributed by atoms with Gasteiger partial charge in [-0.1, -0.05) is 103 Å². The highest BCUT2D eigenvalue weighted by molar-refractivity contribution is 4.63. The number of unbranched alkanes of at least 4 members (excludes halogenated alkanes) is 15. The molecule has 1 unspecified atom stereocenters. The van der Waals surface area contributed by atoms with Gasteiger partial charge < -0.3 is 15.7 Å². The topological polar surface area (TPSA) is 44.3 Å². The van der Waals surface area contributed by atoms with Crippen LogP contribution in [0.1, 0.15) is 123 Å². The Labute approximate surface area is 171 Å². The molecule has 164 valence electrons. The maximum atomic E-state index is 8.76.